The minimum Gasteiger partial charge on any atom is -0.497 e. The molecule has 1 unspecified atom stereocenters. The average Bonchev–Trinajstić information content (AvgIpc) is 2.92. The molecule has 0 aliphatic heterocycles. The van der Waals surface area contributed by atoms with Gasteiger partial charge < -0.3 is 24.4 Å². The largest absolute Gasteiger partial charge is 0.497 e. The Bertz CT molecular complexity index is 1270. The first kappa shape index (κ1) is 29.7. The van der Waals surface area contributed by atoms with Gasteiger partial charge in [-0.2, -0.15) is 0 Å². The number of aliphatic carboxylic acids is 2. The summed E-state index contributed by atoms with van der Waals surface area (Å²) < 4.78 is 16.3. The number of methoxy groups -OCH3 is 3. The Balaban J connectivity index is 0.000000757. The lowest BCUT2D eigenvalue weighted by atomic mass is 9.99. The van der Waals surface area contributed by atoms with Gasteiger partial charge in [-0.05, 0) is 74.0 Å². The average molecular weight is 520 g/mol. The van der Waals surface area contributed by atoms with E-state index in [4.69, 9.17) is 34.0 Å². The molecule has 0 fully saturated rings. The van der Waals surface area contributed by atoms with Gasteiger partial charge in [-0.15, -0.1) is 0 Å². The molecule has 0 spiro atoms. The van der Waals surface area contributed by atoms with Gasteiger partial charge in [0.05, 0.1) is 21.3 Å². The zero-order valence-electron chi connectivity index (χ0n) is 22.2. The number of hydrogen-bond acceptors (Lipinski definition) is 6. The number of carboxylic acid groups (broad SMARTS) is 2. The van der Waals surface area contributed by atoms with E-state index in [9.17, 15) is 0 Å². The molecule has 3 aromatic rings. The Morgan fingerprint density at radius 1 is 0.842 bits per heavy atom. The maximum absolute atomic E-state index is 9.10. The third-order valence-corrected chi connectivity index (χ3v) is 5.76. The molecule has 0 saturated heterocycles. The Morgan fingerprint density at radius 3 is 2.08 bits per heavy atom. The maximum Gasteiger partial charge on any atom is 0.414 e. The molecule has 0 aliphatic carbocycles. The number of rotatable bonds is 8. The van der Waals surface area contributed by atoms with E-state index < -0.39 is 11.9 Å². The van der Waals surface area contributed by atoms with Crippen molar-refractivity contribution in [2.75, 3.05) is 28.4 Å². The highest BCUT2D eigenvalue weighted by Gasteiger charge is 2.15. The number of nitrogens with zero attached hydrogens (tertiary/aromatic N) is 1. The van der Waals surface area contributed by atoms with Crippen LogP contribution in [0, 0.1) is 11.8 Å². The lowest BCUT2D eigenvalue weighted by molar-refractivity contribution is -0.159. The second kappa shape index (κ2) is 14.9. The topological polar surface area (TPSA) is 106 Å². The standard InChI is InChI=1S/C28H31NO3.C2H2O4/c1-21(29(2)20-23-12-16-27(31-4)28(18-23)32-5)17-25-19-26(30-3)15-14-24(25)13-11-22-9-7-6-8-10-22;3-1(4)2(5)6/h6-10,12,14-16,18-19,21H,17,20H2,1-5H3;(H,3,4)(H,5,6). The van der Waals surface area contributed by atoms with Gasteiger partial charge in [0, 0.05) is 23.7 Å². The van der Waals surface area contributed by atoms with E-state index in [1.54, 1.807) is 21.3 Å². The van der Waals surface area contributed by atoms with Gasteiger partial charge >= 0.3 is 11.9 Å². The van der Waals surface area contributed by atoms with Crippen molar-refractivity contribution in [3.05, 3.63) is 89.0 Å². The number of likely N-dealkylation sites (N-methyl/N-ethyl adjacent to an activating group) is 1. The van der Waals surface area contributed by atoms with E-state index in [-0.39, 0.29) is 0 Å². The van der Waals surface area contributed by atoms with Crippen molar-refractivity contribution in [3.8, 4) is 29.1 Å². The fraction of sp³-hybridized carbons (Fsp3) is 0.267. The molecular formula is C30H33NO7. The Morgan fingerprint density at radius 2 is 1.50 bits per heavy atom. The second-order valence-electron chi connectivity index (χ2n) is 8.41. The van der Waals surface area contributed by atoms with Crippen LogP contribution in [0.15, 0.2) is 66.7 Å². The van der Waals surface area contributed by atoms with Crippen LogP contribution in [0.2, 0.25) is 0 Å². The minimum absolute atomic E-state index is 0.299. The van der Waals surface area contributed by atoms with Gasteiger partial charge in [0.1, 0.15) is 5.75 Å². The SMILES string of the molecule is COc1ccc(C#Cc2ccccc2)c(CC(C)N(C)Cc2ccc(OC)c(OC)c2)c1.O=C(O)C(=O)O. The monoisotopic (exact) mass is 519 g/mol. The molecule has 1 atom stereocenters. The van der Waals surface area contributed by atoms with E-state index in [0.717, 1.165) is 41.3 Å². The van der Waals surface area contributed by atoms with Gasteiger partial charge in [0.2, 0.25) is 0 Å². The summed E-state index contributed by atoms with van der Waals surface area (Å²) in [6.07, 6.45) is 0.861. The Kier molecular flexibility index (Phi) is 11.7. The van der Waals surface area contributed by atoms with E-state index in [2.05, 4.69) is 42.8 Å². The van der Waals surface area contributed by atoms with Gasteiger partial charge in [-0.1, -0.05) is 36.1 Å². The molecule has 200 valence electrons. The van der Waals surface area contributed by atoms with Crippen LogP contribution in [0.25, 0.3) is 0 Å². The molecule has 0 amide bonds. The summed E-state index contributed by atoms with van der Waals surface area (Å²) >= 11 is 0. The first-order valence-electron chi connectivity index (χ1n) is 11.8. The van der Waals surface area contributed by atoms with Crippen LogP contribution in [0.4, 0.5) is 0 Å². The number of ether oxygens (including phenoxy) is 3. The predicted octanol–water partition coefficient (Wildman–Crippen LogP) is 4.33. The highest BCUT2D eigenvalue weighted by Crippen LogP contribution is 2.28. The molecule has 2 N–H and O–H groups in total. The summed E-state index contributed by atoms with van der Waals surface area (Å²) in [6.45, 7) is 3.03. The molecule has 0 aliphatic rings. The maximum atomic E-state index is 9.10. The lowest BCUT2D eigenvalue weighted by Gasteiger charge is -2.26. The number of hydrogen-bond donors (Lipinski definition) is 2. The molecule has 0 heterocycles. The molecule has 3 rings (SSSR count). The van der Waals surface area contributed by atoms with Crippen molar-refractivity contribution in [2.45, 2.75) is 25.9 Å². The summed E-state index contributed by atoms with van der Waals surface area (Å²) in [7, 11) is 7.14. The number of carboxylic acids is 2. The van der Waals surface area contributed by atoms with E-state index in [0.29, 0.717) is 6.04 Å². The molecule has 8 nitrogen and oxygen atoms in total. The van der Waals surface area contributed by atoms with Gasteiger partial charge in [-0.25, -0.2) is 9.59 Å². The first-order valence-corrected chi connectivity index (χ1v) is 11.8. The summed E-state index contributed by atoms with van der Waals surface area (Å²) in [4.78, 5) is 20.5. The molecule has 0 radical (unpaired) electrons. The number of carbonyl (C=O) groups is 2. The minimum atomic E-state index is -1.82. The summed E-state index contributed by atoms with van der Waals surface area (Å²) in [6, 6.07) is 22.5. The van der Waals surface area contributed by atoms with Crippen LogP contribution in [0.3, 0.4) is 0 Å². The van der Waals surface area contributed by atoms with E-state index in [1.165, 1.54) is 11.1 Å². The molecule has 0 aromatic heterocycles. The molecule has 0 bridgehead atoms. The Labute approximate surface area is 223 Å². The van der Waals surface area contributed by atoms with Crippen LogP contribution < -0.4 is 14.2 Å². The molecular weight excluding hydrogens is 486 g/mol. The van der Waals surface area contributed by atoms with E-state index in [1.807, 2.05) is 54.6 Å². The van der Waals surface area contributed by atoms with Gasteiger partial charge in [-0.3, -0.25) is 4.90 Å². The second-order valence-corrected chi connectivity index (χ2v) is 8.41. The highest BCUT2D eigenvalue weighted by molar-refractivity contribution is 6.27. The quantitative estimate of drug-likeness (QED) is 0.335. The van der Waals surface area contributed by atoms with E-state index >= 15 is 0 Å². The normalized spacial score (nSPS) is 10.8. The third-order valence-electron chi connectivity index (χ3n) is 5.76. The van der Waals surface area contributed by atoms with Gasteiger partial charge in [0.25, 0.3) is 0 Å². The number of benzene rings is 3. The molecule has 8 heteroatoms. The van der Waals surface area contributed by atoms with Crippen LogP contribution in [-0.4, -0.2) is 61.5 Å². The zero-order valence-corrected chi connectivity index (χ0v) is 22.2. The highest BCUT2D eigenvalue weighted by atomic mass is 16.5. The third kappa shape index (κ3) is 9.19. The van der Waals surface area contributed by atoms with Crippen molar-refractivity contribution in [1.29, 1.82) is 0 Å². The van der Waals surface area contributed by atoms with Crippen molar-refractivity contribution in [3.63, 3.8) is 0 Å². The summed E-state index contributed by atoms with van der Waals surface area (Å²) in [5.74, 6) is 5.31. The molecule has 3 aromatic carbocycles. The predicted molar refractivity (Wildman–Crippen MR) is 145 cm³/mol. The fourth-order valence-electron chi connectivity index (χ4n) is 3.55. The summed E-state index contributed by atoms with van der Waals surface area (Å²) in [5.41, 5.74) is 4.39. The fourth-order valence-corrected chi connectivity index (χ4v) is 3.55. The van der Waals surface area contributed by atoms with Gasteiger partial charge in [0.15, 0.2) is 11.5 Å². The van der Waals surface area contributed by atoms with Crippen molar-refractivity contribution < 1.29 is 34.0 Å². The van der Waals surface area contributed by atoms with Crippen molar-refractivity contribution in [1.82, 2.24) is 4.90 Å². The van der Waals surface area contributed by atoms with Crippen LogP contribution in [0.5, 0.6) is 17.2 Å². The van der Waals surface area contributed by atoms with Crippen LogP contribution in [0.1, 0.15) is 29.2 Å². The van der Waals surface area contributed by atoms with Crippen LogP contribution >= 0.6 is 0 Å². The Hall–Kier alpha value is -4.48. The van der Waals surface area contributed by atoms with Crippen molar-refractivity contribution >= 4 is 11.9 Å². The lowest BCUT2D eigenvalue weighted by Crippen LogP contribution is -2.30. The zero-order chi connectivity index (χ0) is 28.1. The molecule has 0 saturated carbocycles. The first-order chi connectivity index (χ1) is 18.2. The summed E-state index contributed by atoms with van der Waals surface area (Å²) in [5, 5.41) is 14.8. The van der Waals surface area contributed by atoms with Crippen molar-refractivity contribution in [2.24, 2.45) is 0 Å². The smallest absolute Gasteiger partial charge is 0.414 e. The van der Waals surface area contributed by atoms with Crippen LogP contribution in [-0.2, 0) is 22.6 Å². The molecule has 38 heavy (non-hydrogen) atoms.